The number of hydrogen-bond donors (Lipinski definition) is 2. The Bertz CT molecular complexity index is 778. The molecule has 2 N–H and O–H groups in total. The third kappa shape index (κ3) is 8.82. The minimum absolute atomic E-state index is 0. The van der Waals surface area contributed by atoms with Gasteiger partial charge < -0.3 is 29.6 Å². The Labute approximate surface area is 202 Å². The van der Waals surface area contributed by atoms with Crippen molar-refractivity contribution < 1.29 is 18.9 Å². The summed E-state index contributed by atoms with van der Waals surface area (Å²) < 4.78 is 22.1. The van der Waals surface area contributed by atoms with E-state index >= 15 is 0 Å². The Morgan fingerprint density at radius 2 is 1.61 bits per heavy atom. The van der Waals surface area contributed by atoms with Crippen LogP contribution in [0.4, 0.5) is 0 Å². The minimum atomic E-state index is 0. The van der Waals surface area contributed by atoms with Crippen LogP contribution in [0.25, 0.3) is 0 Å². The molecular weight excluding hydrogens is 509 g/mol. The predicted molar refractivity (Wildman–Crippen MR) is 135 cm³/mol. The second-order valence-electron chi connectivity index (χ2n) is 6.92. The van der Waals surface area contributed by atoms with Gasteiger partial charge in [-0.3, -0.25) is 4.99 Å². The lowest BCUT2D eigenvalue weighted by molar-refractivity contribution is 0.0931. The number of ether oxygens (including phenoxy) is 4. The first-order chi connectivity index (χ1) is 14.6. The fraction of sp³-hybridized carbons (Fsp3) is 0.435. The molecular formula is C23H34IN3O4. The molecule has 2 rings (SSSR count). The number of methoxy groups -OCH3 is 3. The van der Waals surface area contributed by atoms with E-state index in [1.165, 1.54) is 5.56 Å². The first-order valence-electron chi connectivity index (χ1n) is 9.96. The van der Waals surface area contributed by atoms with Gasteiger partial charge in [-0.15, -0.1) is 24.0 Å². The molecule has 0 aliphatic carbocycles. The molecule has 0 saturated carbocycles. The van der Waals surface area contributed by atoms with Crippen LogP contribution in [0, 0.1) is 5.92 Å². The Balaban J connectivity index is 0.00000480. The van der Waals surface area contributed by atoms with Crippen molar-refractivity contribution in [2.75, 3.05) is 41.5 Å². The number of nitrogens with zero attached hydrogens (tertiary/aromatic N) is 1. The summed E-state index contributed by atoms with van der Waals surface area (Å²) in [4.78, 5) is 4.29. The van der Waals surface area contributed by atoms with Crippen LogP contribution in [0.15, 0.2) is 47.5 Å². The maximum absolute atomic E-state index is 5.81. The lowest BCUT2D eigenvalue weighted by atomic mass is 10.1. The number of nitrogens with one attached hydrogen (secondary N) is 2. The predicted octanol–water partition coefficient (Wildman–Crippen LogP) is 3.85. The van der Waals surface area contributed by atoms with Gasteiger partial charge in [-0.2, -0.15) is 0 Å². The number of aliphatic imine (C=N–C) groups is 1. The highest BCUT2D eigenvalue weighted by molar-refractivity contribution is 14.0. The molecule has 0 aliphatic heterocycles. The van der Waals surface area contributed by atoms with E-state index in [1.807, 2.05) is 30.3 Å². The topological polar surface area (TPSA) is 73.3 Å². The third-order valence-corrected chi connectivity index (χ3v) is 4.61. The van der Waals surface area contributed by atoms with E-state index < -0.39 is 0 Å². The van der Waals surface area contributed by atoms with Gasteiger partial charge in [0, 0.05) is 25.7 Å². The van der Waals surface area contributed by atoms with Crippen LogP contribution in [0.3, 0.4) is 0 Å². The zero-order valence-electron chi connectivity index (χ0n) is 18.9. The van der Waals surface area contributed by atoms with E-state index in [0.717, 1.165) is 12.1 Å². The van der Waals surface area contributed by atoms with E-state index in [1.54, 1.807) is 28.4 Å². The molecule has 0 radical (unpaired) electrons. The SMILES string of the molecule is CN=C(NCc1c(OC)cc(OC)cc1OC)NCC(C)COCc1ccccc1.I. The van der Waals surface area contributed by atoms with E-state index in [4.69, 9.17) is 18.9 Å². The highest BCUT2D eigenvalue weighted by Crippen LogP contribution is 2.33. The van der Waals surface area contributed by atoms with E-state index in [2.05, 4.69) is 34.7 Å². The highest BCUT2D eigenvalue weighted by Gasteiger charge is 2.14. The fourth-order valence-electron chi connectivity index (χ4n) is 2.93. The van der Waals surface area contributed by atoms with Gasteiger partial charge in [-0.25, -0.2) is 0 Å². The Kier molecular flexibility index (Phi) is 12.8. The average Bonchev–Trinajstić information content (AvgIpc) is 2.79. The van der Waals surface area contributed by atoms with Crippen LogP contribution in [0.1, 0.15) is 18.1 Å². The van der Waals surface area contributed by atoms with Gasteiger partial charge in [-0.1, -0.05) is 37.3 Å². The van der Waals surface area contributed by atoms with Gasteiger partial charge in [0.25, 0.3) is 0 Å². The normalized spacial score (nSPS) is 11.8. The second kappa shape index (κ2) is 14.7. The van der Waals surface area contributed by atoms with Crippen LogP contribution in [0.2, 0.25) is 0 Å². The highest BCUT2D eigenvalue weighted by atomic mass is 127. The zero-order chi connectivity index (χ0) is 21.8. The Morgan fingerprint density at radius 3 is 2.16 bits per heavy atom. The molecule has 0 aromatic heterocycles. The van der Waals surface area contributed by atoms with E-state index in [9.17, 15) is 0 Å². The van der Waals surface area contributed by atoms with Gasteiger partial charge >= 0.3 is 0 Å². The molecule has 2 aromatic rings. The molecule has 0 fully saturated rings. The number of benzene rings is 2. The monoisotopic (exact) mass is 543 g/mol. The van der Waals surface area contributed by atoms with Gasteiger partial charge in [0.15, 0.2) is 5.96 Å². The largest absolute Gasteiger partial charge is 0.496 e. The van der Waals surface area contributed by atoms with Gasteiger partial charge in [0.2, 0.25) is 0 Å². The van der Waals surface area contributed by atoms with Crippen LogP contribution in [0.5, 0.6) is 17.2 Å². The van der Waals surface area contributed by atoms with Crippen LogP contribution in [-0.2, 0) is 17.9 Å². The molecule has 0 heterocycles. The van der Waals surface area contributed by atoms with Crippen molar-refractivity contribution in [2.45, 2.75) is 20.1 Å². The number of rotatable bonds is 11. The van der Waals surface area contributed by atoms with Crippen molar-refractivity contribution in [3.8, 4) is 17.2 Å². The molecule has 0 amide bonds. The number of hydrogen-bond acceptors (Lipinski definition) is 5. The molecule has 172 valence electrons. The van der Waals surface area contributed by atoms with Crippen LogP contribution in [-0.4, -0.2) is 47.5 Å². The first-order valence-corrected chi connectivity index (χ1v) is 9.96. The van der Waals surface area contributed by atoms with E-state index in [-0.39, 0.29) is 24.0 Å². The molecule has 0 aliphatic rings. The molecule has 2 aromatic carbocycles. The summed E-state index contributed by atoms with van der Waals surface area (Å²) in [6.07, 6.45) is 0. The Hall–Kier alpha value is -2.20. The molecule has 0 saturated heterocycles. The quantitative estimate of drug-likeness (QED) is 0.255. The first kappa shape index (κ1) is 26.8. The number of halogens is 1. The smallest absolute Gasteiger partial charge is 0.191 e. The molecule has 1 atom stereocenters. The summed E-state index contributed by atoms with van der Waals surface area (Å²) in [6, 6.07) is 13.8. The zero-order valence-corrected chi connectivity index (χ0v) is 21.3. The van der Waals surface area contributed by atoms with Crippen molar-refractivity contribution in [3.63, 3.8) is 0 Å². The maximum atomic E-state index is 5.81. The molecule has 0 bridgehead atoms. The van der Waals surface area contributed by atoms with Crippen molar-refractivity contribution in [1.82, 2.24) is 10.6 Å². The lowest BCUT2D eigenvalue weighted by Gasteiger charge is -2.19. The van der Waals surface area contributed by atoms with E-state index in [0.29, 0.717) is 48.9 Å². The van der Waals surface area contributed by atoms with Gasteiger partial charge in [-0.05, 0) is 11.5 Å². The second-order valence-corrected chi connectivity index (χ2v) is 6.92. The standard InChI is InChI=1S/C23H33N3O4.HI/c1-17(15-30-16-18-9-7-6-8-10-18)13-25-23(24-2)26-14-20-21(28-4)11-19(27-3)12-22(20)29-5;/h6-12,17H,13-16H2,1-5H3,(H2,24,25,26);1H. The summed E-state index contributed by atoms with van der Waals surface area (Å²) in [6.45, 7) is 4.66. The molecule has 7 nitrogen and oxygen atoms in total. The minimum Gasteiger partial charge on any atom is -0.496 e. The molecule has 31 heavy (non-hydrogen) atoms. The van der Waals surface area contributed by atoms with Crippen molar-refractivity contribution in [3.05, 3.63) is 53.6 Å². The van der Waals surface area contributed by atoms with Crippen LogP contribution < -0.4 is 24.8 Å². The van der Waals surface area contributed by atoms with Crippen LogP contribution >= 0.6 is 24.0 Å². The fourth-order valence-corrected chi connectivity index (χ4v) is 2.93. The summed E-state index contributed by atoms with van der Waals surface area (Å²) in [5.41, 5.74) is 2.07. The summed E-state index contributed by atoms with van der Waals surface area (Å²) in [5, 5.41) is 6.65. The van der Waals surface area contributed by atoms with Gasteiger partial charge in [0.05, 0.1) is 46.7 Å². The maximum Gasteiger partial charge on any atom is 0.191 e. The number of guanidine groups is 1. The van der Waals surface area contributed by atoms with Crippen molar-refractivity contribution >= 4 is 29.9 Å². The molecule has 8 heteroatoms. The molecule has 0 spiro atoms. The van der Waals surface area contributed by atoms with Crippen molar-refractivity contribution in [1.29, 1.82) is 0 Å². The van der Waals surface area contributed by atoms with Crippen molar-refractivity contribution in [2.24, 2.45) is 10.9 Å². The summed E-state index contributed by atoms with van der Waals surface area (Å²) in [5.74, 6) is 3.09. The summed E-state index contributed by atoms with van der Waals surface area (Å²) >= 11 is 0. The van der Waals surface area contributed by atoms with Gasteiger partial charge in [0.1, 0.15) is 17.2 Å². The third-order valence-electron chi connectivity index (χ3n) is 4.61. The lowest BCUT2D eigenvalue weighted by Crippen LogP contribution is -2.39. The summed E-state index contributed by atoms with van der Waals surface area (Å²) in [7, 11) is 6.61. The average molecular weight is 543 g/mol. The molecule has 1 unspecified atom stereocenters. The Morgan fingerprint density at radius 1 is 0.968 bits per heavy atom.